The van der Waals surface area contributed by atoms with Crippen LogP contribution < -0.4 is 10.0 Å². The number of aromatic nitrogens is 1. The molecule has 2 N–H and O–H groups in total. The predicted octanol–water partition coefficient (Wildman–Crippen LogP) is 1.54. The maximum atomic E-state index is 12.3. The third kappa shape index (κ3) is 3.85. The number of nitrogens with zero attached hydrogens (tertiary/aromatic N) is 2. The molecule has 0 amide bonds. The van der Waals surface area contributed by atoms with Crippen LogP contribution in [0, 0.1) is 0 Å². The molecule has 1 aliphatic heterocycles. The van der Waals surface area contributed by atoms with Crippen molar-refractivity contribution in [3.05, 3.63) is 17.3 Å². The first-order valence-electron chi connectivity index (χ1n) is 7.05. The van der Waals surface area contributed by atoms with Gasteiger partial charge in [-0.05, 0) is 32.0 Å². The summed E-state index contributed by atoms with van der Waals surface area (Å²) in [4.78, 5) is 6.38. The molecule has 0 aromatic carbocycles. The van der Waals surface area contributed by atoms with Gasteiger partial charge in [0.15, 0.2) is 0 Å². The fraction of sp³-hybridized carbons (Fsp3) is 0.615. The van der Waals surface area contributed by atoms with E-state index in [-0.39, 0.29) is 16.0 Å². The highest BCUT2D eigenvalue weighted by Gasteiger charge is 2.25. The molecule has 2 heterocycles. The van der Waals surface area contributed by atoms with Gasteiger partial charge in [-0.2, -0.15) is 0 Å². The van der Waals surface area contributed by atoms with Crippen LogP contribution in [0.1, 0.15) is 19.8 Å². The van der Waals surface area contributed by atoms with Crippen molar-refractivity contribution in [2.24, 2.45) is 0 Å². The molecule has 1 atom stereocenters. The summed E-state index contributed by atoms with van der Waals surface area (Å²) < 4.78 is 27.2. The first kappa shape index (κ1) is 16.5. The van der Waals surface area contributed by atoms with Crippen molar-refractivity contribution in [2.75, 3.05) is 32.0 Å². The summed E-state index contributed by atoms with van der Waals surface area (Å²) >= 11 is 5.98. The summed E-state index contributed by atoms with van der Waals surface area (Å²) in [6, 6.07) is 1.68. The molecule has 8 heteroatoms. The van der Waals surface area contributed by atoms with Gasteiger partial charge >= 0.3 is 0 Å². The molecule has 21 heavy (non-hydrogen) atoms. The number of nitrogens with one attached hydrogen (secondary N) is 2. The summed E-state index contributed by atoms with van der Waals surface area (Å²) in [5.41, 5.74) is 0. The molecule has 1 aromatic heterocycles. The lowest BCUT2D eigenvalue weighted by Crippen LogP contribution is -2.40. The van der Waals surface area contributed by atoms with Crippen LogP contribution in [0.15, 0.2) is 17.2 Å². The molecule has 0 aliphatic carbocycles. The van der Waals surface area contributed by atoms with Gasteiger partial charge in [-0.3, -0.25) is 4.90 Å². The minimum absolute atomic E-state index is 0.0903. The SMILES string of the molecule is CCN1CCCC1CNS(=O)(=O)c1cnc(NC)c(Cl)c1. The van der Waals surface area contributed by atoms with E-state index in [9.17, 15) is 8.42 Å². The molecule has 1 aromatic rings. The van der Waals surface area contributed by atoms with E-state index in [1.165, 1.54) is 12.3 Å². The second-order valence-electron chi connectivity index (χ2n) is 5.03. The van der Waals surface area contributed by atoms with Gasteiger partial charge in [-0.15, -0.1) is 0 Å². The minimum atomic E-state index is -3.58. The van der Waals surface area contributed by atoms with Crippen LogP contribution in [0.4, 0.5) is 5.82 Å². The topological polar surface area (TPSA) is 74.3 Å². The standard InChI is InChI=1S/C13H21ClN4O2S/c1-3-18-6-4-5-10(18)8-17-21(19,20)11-7-12(14)13(15-2)16-9-11/h7,9-10,17H,3-6,8H2,1-2H3,(H,15,16). The van der Waals surface area contributed by atoms with Gasteiger partial charge in [0.2, 0.25) is 10.0 Å². The van der Waals surface area contributed by atoms with Gasteiger partial charge < -0.3 is 5.32 Å². The van der Waals surface area contributed by atoms with E-state index in [2.05, 4.69) is 26.8 Å². The van der Waals surface area contributed by atoms with Crippen LogP contribution in [-0.4, -0.2) is 51.0 Å². The van der Waals surface area contributed by atoms with E-state index in [1.807, 2.05) is 0 Å². The van der Waals surface area contributed by atoms with Gasteiger partial charge in [0.25, 0.3) is 0 Å². The molecule has 1 unspecified atom stereocenters. The zero-order valence-electron chi connectivity index (χ0n) is 12.3. The van der Waals surface area contributed by atoms with Crippen LogP contribution in [0.2, 0.25) is 5.02 Å². The van der Waals surface area contributed by atoms with Crippen molar-refractivity contribution in [1.82, 2.24) is 14.6 Å². The summed E-state index contributed by atoms with van der Waals surface area (Å²) in [6.45, 7) is 4.48. The van der Waals surface area contributed by atoms with Crippen molar-refractivity contribution in [2.45, 2.75) is 30.7 Å². The number of pyridine rings is 1. The Morgan fingerprint density at radius 1 is 1.52 bits per heavy atom. The predicted molar refractivity (Wildman–Crippen MR) is 84.3 cm³/mol. The third-order valence-corrected chi connectivity index (χ3v) is 5.46. The second-order valence-corrected chi connectivity index (χ2v) is 7.20. The molecule has 1 aliphatic rings. The number of rotatable bonds is 6. The molecule has 0 bridgehead atoms. The fourth-order valence-electron chi connectivity index (χ4n) is 2.58. The quantitative estimate of drug-likeness (QED) is 0.826. The number of sulfonamides is 1. The Bertz CT molecular complexity index is 594. The number of hydrogen-bond donors (Lipinski definition) is 2. The molecule has 2 rings (SSSR count). The van der Waals surface area contributed by atoms with Crippen molar-refractivity contribution < 1.29 is 8.42 Å². The van der Waals surface area contributed by atoms with Crippen LogP contribution >= 0.6 is 11.6 Å². The summed E-state index contributed by atoms with van der Waals surface area (Å²) in [6.07, 6.45) is 3.45. The van der Waals surface area contributed by atoms with E-state index >= 15 is 0 Å². The second kappa shape index (κ2) is 6.91. The van der Waals surface area contributed by atoms with E-state index in [0.717, 1.165) is 25.9 Å². The van der Waals surface area contributed by atoms with E-state index < -0.39 is 10.0 Å². The Balaban J connectivity index is 2.06. The smallest absolute Gasteiger partial charge is 0.242 e. The lowest BCUT2D eigenvalue weighted by atomic mass is 10.2. The average molecular weight is 333 g/mol. The number of likely N-dealkylation sites (N-methyl/N-ethyl adjacent to an activating group) is 1. The van der Waals surface area contributed by atoms with Crippen LogP contribution in [0.5, 0.6) is 0 Å². The van der Waals surface area contributed by atoms with Gasteiger partial charge in [0.1, 0.15) is 10.7 Å². The first-order chi connectivity index (χ1) is 9.97. The lowest BCUT2D eigenvalue weighted by molar-refractivity contribution is 0.268. The molecule has 1 saturated heterocycles. The highest BCUT2D eigenvalue weighted by Crippen LogP contribution is 2.22. The van der Waals surface area contributed by atoms with E-state index in [4.69, 9.17) is 11.6 Å². The molecular weight excluding hydrogens is 312 g/mol. The maximum absolute atomic E-state index is 12.3. The van der Waals surface area contributed by atoms with Crippen LogP contribution in [0.25, 0.3) is 0 Å². The van der Waals surface area contributed by atoms with Crippen molar-refractivity contribution in [3.8, 4) is 0 Å². The number of likely N-dealkylation sites (tertiary alicyclic amines) is 1. The molecular formula is C13H21ClN4O2S. The Morgan fingerprint density at radius 2 is 2.29 bits per heavy atom. The van der Waals surface area contributed by atoms with Crippen molar-refractivity contribution in [3.63, 3.8) is 0 Å². The number of halogens is 1. The lowest BCUT2D eigenvalue weighted by Gasteiger charge is -2.22. The number of hydrogen-bond acceptors (Lipinski definition) is 5. The van der Waals surface area contributed by atoms with Crippen molar-refractivity contribution in [1.29, 1.82) is 0 Å². The Morgan fingerprint density at radius 3 is 2.90 bits per heavy atom. The highest BCUT2D eigenvalue weighted by atomic mass is 35.5. The molecule has 1 fully saturated rings. The molecule has 6 nitrogen and oxygen atoms in total. The van der Waals surface area contributed by atoms with Gasteiger partial charge in [0.05, 0.1) is 5.02 Å². The molecule has 0 radical (unpaired) electrons. The highest BCUT2D eigenvalue weighted by molar-refractivity contribution is 7.89. The van der Waals surface area contributed by atoms with Crippen LogP contribution in [0.3, 0.4) is 0 Å². The largest absolute Gasteiger partial charge is 0.372 e. The monoisotopic (exact) mass is 332 g/mol. The zero-order valence-corrected chi connectivity index (χ0v) is 13.8. The molecule has 0 spiro atoms. The molecule has 0 saturated carbocycles. The first-order valence-corrected chi connectivity index (χ1v) is 8.91. The Kier molecular flexibility index (Phi) is 5.43. The average Bonchev–Trinajstić information content (AvgIpc) is 2.92. The summed E-state index contributed by atoms with van der Waals surface area (Å²) in [5.74, 6) is 0.462. The van der Waals surface area contributed by atoms with Gasteiger partial charge in [-0.1, -0.05) is 18.5 Å². The Hall–Kier alpha value is -0.890. The number of anilines is 1. The molecule has 118 valence electrons. The zero-order chi connectivity index (χ0) is 15.5. The van der Waals surface area contributed by atoms with Crippen LogP contribution in [-0.2, 0) is 10.0 Å². The van der Waals surface area contributed by atoms with E-state index in [0.29, 0.717) is 12.4 Å². The van der Waals surface area contributed by atoms with Gasteiger partial charge in [-0.25, -0.2) is 18.1 Å². The third-order valence-electron chi connectivity index (χ3n) is 3.78. The normalized spacial score (nSPS) is 19.9. The van der Waals surface area contributed by atoms with Crippen molar-refractivity contribution >= 4 is 27.4 Å². The summed E-state index contributed by atoms with van der Waals surface area (Å²) in [7, 11) is -1.90. The summed E-state index contributed by atoms with van der Waals surface area (Å²) in [5, 5.41) is 3.09. The van der Waals surface area contributed by atoms with E-state index in [1.54, 1.807) is 7.05 Å². The fourth-order valence-corrected chi connectivity index (χ4v) is 3.95. The Labute approximate surface area is 130 Å². The minimum Gasteiger partial charge on any atom is -0.372 e. The van der Waals surface area contributed by atoms with Gasteiger partial charge in [0, 0.05) is 25.8 Å². The maximum Gasteiger partial charge on any atom is 0.242 e.